The topological polar surface area (TPSA) is 35.5 Å². The minimum atomic E-state index is -0.00942. The Morgan fingerprint density at radius 3 is 2.58 bits per heavy atom. The van der Waals surface area contributed by atoms with Gasteiger partial charge in [0.05, 0.1) is 13.2 Å². The summed E-state index contributed by atoms with van der Waals surface area (Å²) < 4.78 is 10.8. The van der Waals surface area contributed by atoms with E-state index in [1.165, 1.54) is 11.3 Å². The van der Waals surface area contributed by atoms with Crippen molar-refractivity contribution in [2.45, 2.75) is 18.9 Å². The fourth-order valence-electron chi connectivity index (χ4n) is 1.82. The lowest BCUT2D eigenvalue weighted by Gasteiger charge is -2.05. The van der Waals surface area contributed by atoms with Crippen molar-refractivity contribution in [3.63, 3.8) is 0 Å². The molecule has 3 rings (SSSR count). The first kappa shape index (κ1) is 12.2. The molecule has 1 aliphatic carbocycles. The molecule has 1 aromatic heterocycles. The number of hydrogen-bond acceptors (Lipinski definition) is 4. The highest BCUT2D eigenvalue weighted by Crippen LogP contribution is 2.29. The van der Waals surface area contributed by atoms with Crippen molar-refractivity contribution in [2.24, 2.45) is 0 Å². The number of ether oxygens (including phenoxy) is 2. The van der Waals surface area contributed by atoms with E-state index in [1.54, 1.807) is 19.2 Å². The van der Waals surface area contributed by atoms with Crippen LogP contribution >= 0.6 is 11.3 Å². The lowest BCUT2D eigenvalue weighted by atomic mass is 10.1. The number of carbonyl (C=O) groups is 1. The summed E-state index contributed by atoms with van der Waals surface area (Å²) in [5, 5.41) is 1.86. The van der Waals surface area contributed by atoms with Crippen LogP contribution in [0.25, 0.3) is 0 Å². The zero-order valence-corrected chi connectivity index (χ0v) is 11.4. The first-order valence-corrected chi connectivity index (χ1v) is 7.09. The first-order valence-electron chi connectivity index (χ1n) is 6.21. The number of carbonyl (C=O) groups excluding carboxylic acids is 1. The summed E-state index contributed by atoms with van der Waals surface area (Å²) >= 11 is 1.40. The second-order valence-electron chi connectivity index (χ2n) is 4.49. The van der Waals surface area contributed by atoms with Gasteiger partial charge in [-0.15, -0.1) is 11.3 Å². The average molecular weight is 274 g/mol. The fourth-order valence-corrected chi connectivity index (χ4v) is 2.64. The van der Waals surface area contributed by atoms with Crippen molar-refractivity contribution in [3.8, 4) is 11.5 Å². The average Bonchev–Trinajstić information content (AvgIpc) is 3.12. The van der Waals surface area contributed by atoms with Crippen LogP contribution in [0, 0.1) is 0 Å². The molecule has 1 heterocycles. The molecule has 19 heavy (non-hydrogen) atoms. The third-order valence-electron chi connectivity index (χ3n) is 3.00. The first-order chi connectivity index (χ1) is 9.28. The van der Waals surface area contributed by atoms with Crippen LogP contribution in [-0.2, 0) is 0 Å². The van der Waals surface area contributed by atoms with Gasteiger partial charge < -0.3 is 9.47 Å². The summed E-state index contributed by atoms with van der Waals surface area (Å²) in [4.78, 5) is 13.0. The van der Waals surface area contributed by atoms with E-state index in [1.807, 2.05) is 23.6 Å². The van der Waals surface area contributed by atoms with E-state index in [2.05, 4.69) is 0 Å². The summed E-state index contributed by atoms with van der Waals surface area (Å²) in [6, 6.07) is 9.12. The molecule has 1 saturated carbocycles. The van der Waals surface area contributed by atoms with Gasteiger partial charge in [0, 0.05) is 5.56 Å². The maximum Gasteiger partial charge on any atom is 0.206 e. The molecule has 98 valence electrons. The zero-order chi connectivity index (χ0) is 13.2. The number of ketones is 1. The van der Waals surface area contributed by atoms with Gasteiger partial charge in [-0.05, 0) is 48.6 Å². The molecule has 1 aliphatic rings. The third-order valence-corrected chi connectivity index (χ3v) is 3.89. The predicted octanol–water partition coefficient (Wildman–Crippen LogP) is 3.53. The Morgan fingerprint density at radius 2 is 1.95 bits per heavy atom. The quantitative estimate of drug-likeness (QED) is 0.782. The fraction of sp³-hybridized carbons (Fsp3) is 0.267. The molecule has 0 N–H and O–H groups in total. The van der Waals surface area contributed by atoms with Gasteiger partial charge in [0.2, 0.25) is 5.78 Å². The van der Waals surface area contributed by atoms with Crippen molar-refractivity contribution in [3.05, 3.63) is 46.2 Å². The lowest BCUT2D eigenvalue weighted by molar-refractivity contribution is 0.104. The number of rotatable bonds is 5. The molecule has 0 aliphatic heterocycles. The normalized spacial score (nSPS) is 14.2. The zero-order valence-electron chi connectivity index (χ0n) is 10.6. The molecule has 0 amide bonds. The Kier molecular flexibility index (Phi) is 3.25. The Bertz CT molecular complexity index is 582. The molecule has 0 saturated heterocycles. The number of methoxy groups -OCH3 is 1. The molecule has 0 spiro atoms. The maximum atomic E-state index is 12.3. The van der Waals surface area contributed by atoms with Crippen molar-refractivity contribution in [2.75, 3.05) is 7.11 Å². The van der Waals surface area contributed by atoms with E-state index < -0.39 is 0 Å². The Labute approximate surface area is 115 Å². The minimum absolute atomic E-state index is 0.00942. The SMILES string of the molecule is COc1ccsc1C(=O)c1ccc(OC2CC2)cc1. The largest absolute Gasteiger partial charge is 0.495 e. The van der Waals surface area contributed by atoms with Crippen LogP contribution in [0.5, 0.6) is 11.5 Å². The van der Waals surface area contributed by atoms with Gasteiger partial charge in [0.15, 0.2) is 0 Å². The summed E-state index contributed by atoms with van der Waals surface area (Å²) in [7, 11) is 1.57. The summed E-state index contributed by atoms with van der Waals surface area (Å²) in [5.41, 5.74) is 0.656. The molecule has 0 atom stereocenters. The molecule has 0 unspecified atom stereocenters. The molecule has 1 fully saturated rings. The van der Waals surface area contributed by atoms with Crippen molar-refractivity contribution in [1.82, 2.24) is 0 Å². The smallest absolute Gasteiger partial charge is 0.206 e. The van der Waals surface area contributed by atoms with Gasteiger partial charge in [-0.1, -0.05) is 0 Å². The third kappa shape index (κ3) is 2.63. The minimum Gasteiger partial charge on any atom is -0.495 e. The Hall–Kier alpha value is -1.81. The van der Waals surface area contributed by atoms with Crippen LogP contribution in [-0.4, -0.2) is 19.0 Å². The highest BCUT2D eigenvalue weighted by atomic mass is 32.1. The summed E-state index contributed by atoms with van der Waals surface area (Å²) in [5.74, 6) is 1.45. The summed E-state index contributed by atoms with van der Waals surface area (Å²) in [6.07, 6.45) is 2.64. The van der Waals surface area contributed by atoms with Crippen molar-refractivity contribution >= 4 is 17.1 Å². The highest BCUT2D eigenvalue weighted by Gasteiger charge is 2.23. The van der Waals surface area contributed by atoms with Gasteiger partial charge in [-0.2, -0.15) is 0 Å². The van der Waals surface area contributed by atoms with Crippen LogP contribution in [0.2, 0.25) is 0 Å². The summed E-state index contributed by atoms with van der Waals surface area (Å²) in [6.45, 7) is 0. The molecule has 4 heteroatoms. The Morgan fingerprint density at radius 1 is 1.21 bits per heavy atom. The Balaban J connectivity index is 1.79. The van der Waals surface area contributed by atoms with Crippen LogP contribution in [0.3, 0.4) is 0 Å². The van der Waals surface area contributed by atoms with Gasteiger partial charge in [0.1, 0.15) is 16.4 Å². The molecule has 1 aromatic carbocycles. The van der Waals surface area contributed by atoms with Gasteiger partial charge in [-0.3, -0.25) is 4.79 Å². The standard InChI is InChI=1S/C15H14O3S/c1-17-13-8-9-19-15(13)14(16)10-2-4-11(5-3-10)18-12-6-7-12/h2-5,8-9,12H,6-7H2,1H3. The number of benzene rings is 1. The number of thiophene rings is 1. The molecule has 0 radical (unpaired) electrons. The molecule has 3 nitrogen and oxygen atoms in total. The van der Waals surface area contributed by atoms with Gasteiger partial charge in [0.25, 0.3) is 0 Å². The van der Waals surface area contributed by atoms with Crippen molar-refractivity contribution in [1.29, 1.82) is 0 Å². The van der Waals surface area contributed by atoms with Gasteiger partial charge >= 0.3 is 0 Å². The van der Waals surface area contributed by atoms with Gasteiger partial charge in [-0.25, -0.2) is 0 Å². The molecule has 2 aromatic rings. The maximum absolute atomic E-state index is 12.3. The van der Waals surface area contributed by atoms with Crippen molar-refractivity contribution < 1.29 is 14.3 Å². The van der Waals surface area contributed by atoms with E-state index in [-0.39, 0.29) is 5.78 Å². The predicted molar refractivity (Wildman–Crippen MR) is 74.4 cm³/mol. The van der Waals surface area contributed by atoms with E-state index in [0.29, 0.717) is 22.3 Å². The second-order valence-corrected chi connectivity index (χ2v) is 5.40. The van der Waals surface area contributed by atoms with E-state index >= 15 is 0 Å². The highest BCUT2D eigenvalue weighted by molar-refractivity contribution is 7.12. The van der Waals surface area contributed by atoms with Crippen LogP contribution in [0.4, 0.5) is 0 Å². The molecule has 0 bridgehead atoms. The van der Waals surface area contributed by atoms with Crippen LogP contribution < -0.4 is 9.47 Å². The molecular weight excluding hydrogens is 260 g/mol. The lowest BCUT2D eigenvalue weighted by Crippen LogP contribution is -2.01. The van der Waals surface area contributed by atoms with Crippen LogP contribution in [0.1, 0.15) is 28.1 Å². The second kappa shape index (κ2) is 5.05. The van der Waals surface area contributed by atoms with E-state index in [0.717, 1.165) is 18.6 Å². The van der Waals surface area contributed by atoms with E-state index in [4.69, 9.17) is 9.47 Å². The monoisotopic (exact) mass is 274 g/mol. The van der Waals surface area contributed by atoms with Crippen LogP contribution in [0.15, 0.2) is 35.7 Å². The molecular formula is C15H14O3S. The van der Waals surface area contributed by atoms with E-state index in [9.17, 15) is 4.79 Å². The number of hydrogen-bond donors (Lipinski definition) is 0.